The fraction of sp³-hybridized carbons (Fsp3) is 0.714. The van der Waals surface area contributed by atoms with Crippen LogP contribution >= 0.6 is 11.6 Å². The number of amides is 1. The van der Waals surface area contributed by atoms with Crippen LogP contribution in [0.5, 0.6) is 0 Å². The summed E-state index contributed by atoms with van der Waals surface area (Å²) in [5.74, 6) is 0.0695. The lowest BCUT2D eigenvalue weighted by atomic mass is 10.1. The van der Waals surface area contributed by atoms with Gasteiger partial charge in [0.15, 0.2) is 0 Å². The molecule has 7 heteroatoms. The number of hydrogen-bond donors (Lipinski definition) is 2. The lowest BCUT2D eigenvalue weighted by molar-refractivity contribution is -0.127. The van der Waals surface area contributed by atoms with Crippen LogP contribution in [0.25, 0.3) is 0 Å². The Bertz CT molecular complexity index is 502. The maximum absolute atomic E-state index is 12.2. The first-order valence-electron chi connectivity index (χ1n) is 7.52. The van der Waals surface area contributed by atoms with E-state index in [9.17, 15) is 4.79 Å². The molecule has 0 aliphatic carbocycles. The highest BCUT2D eigenvalue weighted by Gasteiger charge is 2.29. The van der Waals surface area contributed by atoms with Crippen molar-refractivity contribution in [1.29, 1.82) is 0 Å². The summed E-state index contributed by atoms with van der Waals surface area (Å²) < 4.78 is 1.93. The van der Waals surface area contributed by atoms with Gasteiger partial charge >= 0.3 is 0 Å². The number of piperazine rings is 1. The molecule has 1 atom stereocenters. The number of aryl methyl sites for hydroxylation is 2. The Hall–Kier alpha value is -1.11. The van der Waals surface area contributed by atoms with Crippen LogP contribution in [0, 0.1) is 6.92 Å². The van der Waals surface area contributed by atoms with E-state index in [2.05, 4.69) is 20.6 Å². The average Bonchev–Trinajstić information content (AvgIpc) is 2.76. The molecule has 0 aromatic carbocycles. The van der Waals surface area contributed by atoms with Gasteiger partial charge < -0.3 is 10.6 Å². The predicted octanol–water partition coefficient (Wildman–Crippen LogP) is 0.775. The van der Waals surface area contributed by atoms with Gasteiger partial charge in [-0.15, -0.1) is 0 Å². The third-order valence-corrected chi connectivity index (χ3v) is 4.31. The van der Waals surface area contributed by atoms with Gasteiger partial charge in [-0.2, -0.15) is 5.10 Å². The summed E-state index contributed by atoms with van der Waals surface area (Å²) in [6, 6.07) is -0.157. The zero-order valence-electron chi connectivity index (χ0n) is 12.9. The Labute approximate surface area is 130 Å². The second-order valence-electron chi connectivity index (χ2n) is 5.25. The Kier molecular flexibility index (Phi) is 5.61. The van der Waals surface area contributed by atoms with E-state index in [4.69, 9.17) is 11.6 Å². The van der Waals surface area contributed by atoms with E-state index in [0.29, 0.717) is 24.7 Å². The monoisotopic (exact) mass is 313 g/mol. The Morgan fingerprint density at radius 1 is 1.52 bits per heavy atom. The third-order valence-electron chi connectivity index (χ3n) is 3.81. The number of nitrogens with one attached hydrogen (secondary N) is 2. The van der Waals surface area contributed by atoms with E-state index in [0.717, 1.165) is 31.0 Å². The van der Waals surface area contributed by atoms with Crippen LogP contribution < -0.4 is 10.6 Å². The minimum absolute atomic E-state index is 0.0695. The maximum Gasteiger partial charge on any atom is 0.238 e. The summed E-state index contributed by atoms with van der Waals surface area (Å²) in [5.41, 5.74) is 1.84. The van der Waals surface area contributed by atoms with E-state index in [1.54, 1.807) is 0 Å². The second-order valence-corrected chi connectivity index (χ2v) is 5.62. The fourth-order valence-corrected chi connectivity index (χ4v) is 2.89. The Morgan fingerprint density at radius 2 is 2.29 bits per heavy atom. The molecule has 0 radical (unpaired) electrons. The van der Waals surface area contributed by atoms with E-state index in [-0.39, 0.29) is 11.9 Å². The molecule has 0 bridgehead atoms. The highest BCUT2D eigenvalue weighted by Crippen LogP contribution is 2.23. The number of hydrogen-bond acceptors (Lipinski definition) is 4. The average molecular weight is 314 g/mol. The lowest BCUT2D eigenvalue weighted by Gasteiger charge is -2.35. The predicted molar refractivity (Wildman–Crippen MR) is 83.4 cm³/mol. The van der Waals surface area contributed by atoms with Gasteiger partial charge in [-0.3, -0.25) is 14.4 Å². The first kappa shape index (κ1) is 16.3. The van der Waals surface area contributed by atoms with Crippen molar-refractivity contribution in [2.45, 2.75) is 39.9 Å². The van der Waals surface area contributed by atoms with Crippen LogP contribution in [0.4, 0.5) is 0 Å². The van der Waals surface area contributed by atoms with Crippen molar-refractivity contribution < 1.29 is 4.79 Å². The van der Waals surface area contributed by atoms with Crippen molar-refractivity contribution in [3.05, 3.63) is 16.4 Å². The summed E-state index contributed by atoms with van der Waals surface area (Å²) in [7, 11) is 0. The van der Waals surface area contributed by atoms with Crippen molar-refractivity contribution in [2.75, 3.05) is 26.2 Å². The van der Waals surface area contributed by atoms with Gasteiger partial charge in [0.25, 0.3) is 0 Å². The van der Waals surface area contributed by atoms with Crippen LogP contribution in [0.3, 0.4) is 0 Å². The van der Waals surface area contributed by atoms with E-state index in [1.807, 2.05) is 25.5 Å². The summed E-state index contributed by atoms with van der Waals surface area (Å²) in [4.78, 5) is 14.4. The molecule has 0 spiro atoms. The van der Waals surface area contributed by atoms with E-state index < -0.39 is 0 Å². The largest absolute Gasteiger partial charge is 0.355 e. The first-order chi connectivity index (χ1) is 10.1. The summed E-state index contributed by atoms with van der Waals surface area (Å²) >= 11 is 6.37. The molecule has 2 rings (SSSR count). The molecular weight excluding hydrogens is 290 g/mol. The highest BCUT2D eigenvalue weighted by atomic mass is 35.5. The molecule has 1 aliphatic heterocycles. The van der Waals surface area contributed by atoms with Crippen LogP contribution in [0.15, 0.2) is 0 Å². The van der Waals surface area contributed by atoms with Crippen molar-refractivity contribution in [3.8, 4) is 0 Å². The van der Waals surface area contributed by atoms with E-state index in [1.165, 1.54) is 0 Å². The van der Waals surface area contributed by atoms with Crippen molar-refractivity contribution in [2.24, 2.45) is 0 Å². The summed E-state index contributed by atoms with van der Waals surface area (Å²) in [6.07, 6.45) is 0. The summed E-state index contributed by atoms with van der Waals surface area (Å²) in [6.45, 7) is 10.3. The molecule has 1 unspecified atom stereocenters. The molecule has 118 valence electrons. The molecule has 0 saturated carbocycles. The molecule has 1 fully saturated rings. The first-order valence-corrected chi connectivity index (χ1v) is 7.90. The van der Waals surface area contributed by atoms with Gasteiger partial charge in [-0.05, 0) is 20.8 Å². The van der Waals surface area contributed by atoms with Gasteiger partial charge in [0.2, 0.25) is 5.91 Å². The third kappa shape index (κ3) is 3.56. The standard InChI is InChI=1S/C14H24ClN5O/c1-4-17-14(21)11-8-16-6-7-19(11)9-12-13(15)10(3)18-20(12)5-2/h11,16H,4-9H2,1-3H3,(H,17,21). The quantitative estimate of drug-likeness (QED) is 0.843. The number of carbonyl (C=O) groups is 1. The van der Waals surface area contributed by atoms with Gasteiger partial charge in [0.05, 0.1) is 16.4 Å². The van der Waals surface area contributed by atoms with E-state index >= 15 is 0 Å². The van der Waals surface area contributed by atoms with Crippen LogP contribution in [0.2, 0.25) is 5.02 Å². The molecule has 1 aromatic rings. The Morgan fingerprint density at radius 3 is 2.95 bits per heavy atom. The number of likely N-dealkylation sites (N-methyl/N-ethyl adjacent to an activating group) is 1. The molecule has 1 aliphatic rings. The number of carbonyl (C=O) groups excluding carboxylic acids is 1. The molecular formula is C14H24ClN5O. The minimum atomic E-state index is -0.157. The number of nitrogens with zero attached hydrogens (tertiary/aromatic N) is 3. The van der Waals surface area contributed by atoms with Gasteiger partial charge in [0.1, 0.15) is 6.04 Å². The van der Waals surface area contributed by atoms with Crippen LogP contribution in [-0.2, 0) is 17.9 Å². The molecule has 21 heavy (non-hydrogen) atoms. The molecule has 1 amide bonds. The van der Waals surface area contributed by atoms with Crippen LogP contribution in [0.1, 0.15) is 25.2 Å². The smallest absolute Gasteiger partial charge is 0.238 e. The number of halogens is 1. The molecule has 1 aromatic heterocycles. The maximum atomic E-state index is 12.2. The normalized spacial score (nSPS) is 19.7. The van der Waals surface area contributed by atoms with Gasteiger partial charge in [-0.1, -0.05) is 11.6 Å². The zero-order chi connectivity index (χ0) is 15.4. The zero-order valence-corrected chi connectivity index (χ0v) is 13.7. The topological polar surface area (TPSA) is 62.2 Å². The lowest BCUT2D eigenvalue weighted by Crippen LogP contribution is -2.57. The van der Waals surface area contributed by atoms with Gasteiger partial charge in [-0.25, -0.2) is 0 Å². The number of rotatable bonds is 5. The van der Waals surface area contributed by atoms with Crippen molar-refractivity contribution in [3.63, 3.8) is 0 Å². The second kappa shape index (κ2) is 7.24. The molecule has 2 N–H and O–H groups in total. The molecule has 1 saturated heterocycles. The minimum Gasteiger partial charge on any atom is -0.355 e. The van der Waals surface area contributed by atoms with Crippen molar-refractivity contribution in [1.82, 2.24) is 25.3 Å². The SMILES string of the molecule is CCNC(=O)C1CNCCN1Cc1c(Cl)c(C)nn1CC. The van der Waals surface area contributed by atoms with Gasteiger partial charge in [0, 0.05) is 39.3 Å². The molecule has 6 nitrogen and oxygen atoms in total. The molecule has 2 heterocycles. The fourth-order valence-electron chi connectivity index (χ4n) is 2.70. The van der Waals surface area contributed by atoms with Crippen molar-refractivity contribution >= 4 is 17.5 Å². The van der Waals surface area contributed by atoms with Crippen LogP contribution in [-0.4, -0.2) is 52.8 Å². The summed E-state index contributed by atoms with van der Waals surface area (Å²) in [5, 5.41) is 11.3. The highest BCUT2D eigenvalue weighted by molar-refractivity contribution is 6.31. The number of aromatic nitrogens is 2. The Balaban J connectivity index is 2.17.